The number of nitrogens with zero attached hydrogens (tertiary/aromatic N) is 2. The van der Waals surface area contributed by atoms with Crippen LogP contribution in [0.15, 0.2) is 32.9 Å². The van der Waals surface area contributed by atoms with Crippen molar-refractivity contribution in [1.82, 2.24) is 5.43 Å². The number of benzene rings is 1. The van der Waals surface area contributed by atoms with Crippen LogP contribution in [0.2, 0.25) is 0 Å². The van der Waals surface area contributed by atoms with Crippen molar-refractivity contribution in [2.24, 2.45) is 15.9 Å². The maximum atomic E-state index is 13.4. The molecule has 1 aromatic carbocycles. The number of para-hydroxylation sites is 1. The quantitative estimate of drug-likeness (QED) is 0.618. The lowest BCUT2D eigenvalue weighted by Crippen LogP contribution is -2.28. The molecule has 88 valence electrons. The molecule has 6 nitrogen and oxygen atoms in total. The molecule has 17 heavy (non-hydrogen) atoms. The molecule has 0 aromatic heterocycles. The lowest BCUT2D eigenvalue weighted by atomic mass is 10.3. The molecule has 5 N–H and O–H groups in total. The van der Waals surface area contributed by atoms with E-state index in [4.69, 9.17) is 11.1 Å². The lowest BCUT2D eigenvalue weighted by Gasteiger charge is -2.05. The van der Waals surface area contributed by atoms with Gasteiger partial charge < -0.3 is 5.73 Å². The van der Waals surface area contributed by atoms with Crippen LogP contribution in [0, 0.1) is 11.2 Å². The summed E-state index contributed by atoms with van der Waals surface area (Å²) in [4.78, 5) is 0. The van der Waals surface area contributed by atoms with Gasteiger partial charge in [-0.1, -0.05) is 6.07 Å². The third kappa shape index (κ3) is 2.26. The van der Waals surface area contributed by atoms with Crippen molar-refractivity contribution in [3.63, 3.8) is 0 Å². The minimum absolute atomic E-state index is 0.0394. The number of nitrogens with two attached hydrogens (primary N) is 1. The number of anilines is 1. The van der Waals surface area contributed by atoms with Crippen molar-refractivity contribution in [2.75, 3.05) is 5.43 Å². The highest BCUT2D eigenvalue weighted by atomic mass is 79.9. The molecular formula is C9H8BrFN6. The van der Waals surface area contributed by atoms with E-state index in [1.807, 2.05) is 0 Å². The van der Waals surface area contributed by atoms with Crippen LogP contribution in [-0.4, -0.2) is 17.4 Å². The van der Waals surface area contributed by atoms with Crippen molar-refractivity contribution >= 4 is 39.0 Å². The molecule has 0 saturated carbocycles. The largest absolute Gasteiger partial charge is 0.380 e. The van der Waals surface area contributed by atoms with Gasteiger partial charge in [-0.15, -0.1) is 0 Å². The molecule has 0 bridgehead atoms. The van der Waals surface area contributed by atoms with E-state index in [1.165, 1.54) is 6.07 Å². The van der Waals surface area contributed by atoms with Crippen LogP contribution in [0.3, 0.4) is 0 Å². The van der Waals surface area contributed by atoms with E-state index in [0.717, 1.165) is 0 Å². The molecule has 0 fully saturated rings. The van der Waals surface area contributed by atoms with Crippen molar-refractivity contribution in [3.8, 4) is 0 Å². The van der Waals surface area contributed by atoms with Crippen LogP contribution < -0.4 is 16.6 Å². The number of nitrogens with one attached hydrogen (secondary N) is 3. The van der Waals surface area contributed by atoms with E-state index in [2.05, 4.69) is 37.0 Å². The Hall–Kier alpha value is -1.96. The summed E-state index contributed by atoms with van der Waals surface area (Å²) < 4.78 is 13.9. The Kier molecular flexibility index (Phi) is 3.05. The fraction of sp³-hybridized carbons (Fsp3) is 0. The van der Waals surface area contributed by atoms with Crippen LogP contribution in [0.4, 0.5) is 10.1 Å². The average Bonchev–Trinajstić information content (AvgIpc) is 2.59. The molecule has 0 amide bonds. The number of hydrazone groups is 2. The Bertz CT molecular complexity index is 518. The number of hydrogen-bond donors (Lipinski definition) is 4. The zero-order chi connectivity index (χ0) is 12.4. The Balaban J connectivity index is 2.26. The molecule has 2 rings (SSSR count). The number of rotatable bonds is 2. The first kappa shape index (κ1) is 11.5. The van der Waals surface area contributed by atoms with E-state index in [9.17, 15) is 4.39 Å². The molecule has 1 aliphatic rings. The highest BCUT2D eigenvalue weighted by Crippen LogP contribution is 2.25. The Morgan fingerprint density at radius 1 is 1.53 bits per heavy atom. The normalized spacial score (nSPS) is 16.9. The molecule has 0 atom stereocenters. The highest BCUT2D eigenvalue weighted by Gasteiger charge is 2.18. The molecule has 0 unspecified atom stereocenters. The minimum Gasteiger partial charge on any atom is -0.380 e. The molecule has 8 heteroatoms. The first-order chi connectivity index (χ1) is 8.09. The minimum atomic E-state index is -0.461. The first-order valence-electron chi connectivity index (χ1n) is 4.56. The van der Waals surface area contributed by atoms with E-state index < -0.39 is 5.82 Å². The summed E-state index contributed by atoms with van der Waals surface area (Å²) in [5, 5.41) is 14.9. The SMILES string of the molecule is N=C1NN=C(N)/C1=N/Nc1c(F)cccc1Br. The predicted molar refractivity (Wildman–Crippen MR) is 67.6 cm³/mol. The second kappa shape index (κ2) is 4.50. The monoisotopic (exact) mass is 298 g/mol. The summed E-state index contributed by atoms with van der Waals surface area (Å²) in [5.41, 5.74) is 10.7. The Labute approximate surface area is 104 Å². The van der Waals surface area contributed by atoms with Gasteiger partial charge in [0.05, 0.1) is 0 Å². The average molecular weight is 299 g/mol. The number of amidine groups is 2. The molecule has 0 aliphatic carbocycles. The van der Waals surface area contributed by atoms with Gasteiger partial charge in [-0.2, -0.15) is 10.2 Å². The molecule has 0 spiro atoms. The molecule has 1 aliphatic heterocycles. The van der Waals surface area contributed by atoms with Crippen molar-refractivity contribution in [2.45, 2.75) is 0 Å². The van der Waals surface area contributed by atoms with Gasteiger partial charge in [-0.3, -0.25) is 16.3 Å². The van der Waals surface area contributed by atoms with E-state index in [-0.39, 0.29) is 23.1 Å². The van der Waals surface area contributed by atoms with E-state index in [1.54, 1.807) is 12.1 Å². The van der Waals surface area contributed by atoms with Gasteiger partial charge >= 0.3 is 0 Å². The standard InChI is InChI=1S/C9H8BrFN6/c10-4-2-1-3-5(11)6(4)14-15-7-8(12)16-17-9(7)13/h1-3,14H,(H4,12,13,15,16,17). The van der Waals surface area contributed by atoms with Crippen molar-refractivity contribution < 1.29 is 4.39 Å². The third-order valence-electron chi connectivity index (χ3n) is 2.01. The fourth-order valence-electron chi connectivity index (χ4n) is 1.18. The van der Waals surface area contributed by atoms with Gasteiger partial charge in [0.1, 0.15) is 11.5 Å². The van der Waals surface area contributed by atoms with Gasteiger partial charge in [-0.05, 0) is 28.1 Å². The van der Waals surface area contributed by atoms with Crippen LogP contribution in [0.25, 0.3) is 0 Å². The Morgan fingerprint density at radius 3 is 2.88 bits per heavy atom. The molecular weight excluding hydrogens is 291 g/mol. The van der Waals surface area contributed by atoms with Crippen LogP contribution in [-0.2, 0) is 0 Å². The smallest absolute Gasteiger partial charge is 0.175 e. The molecule has 1 heterocycles. The van der Waals surface area contributed by atoms with Crippen molar-refractivity contribution in [1.29, 1.82) is 5.41 Å². The summed E-state index contributed by atoms with van der Waals surface area (Å²) in [6, 6.07) is 4.52. The zero-order valence-electron chi connectivity index (χ0n) is 8.46. The number of hydrogen-bond acceptors (Lipinski definition) is 5. The maximum absolute atomic E-state index is 13.4. The second-order valence-corrected chi connectivity index (χ2v) is 4.01. The zero-order valence-corrected chi connectivity index (χ0v) is 10.0. The summed E-state index contributed by atoms with van der Waals surface area (Å²) in [7, 11) is 0. The van der Waals surface area contributed by atoms with Gasteiger partial charge in [0.25, 0.3) is 0 Å². The summed E-state index contributed by atoms with van der Waals surface area (Å²) in [5.74, 6) is -0.422. The van der Waals surface area contributed by atoms with Crippen LogP contribution in [0.5, 0.6) is 0 Å². The molecule has 1 aromatic rings. The molecule has 0 radical (unpaired) electrons. The van der Waals surface area contributed by atoms with Gasteiger partial charge in [0.15, 0.2) is 17.4 Å². The topological polar surface area (TPSA) is 98.7 Å². The van der Waals surface area contributed by atoms with E-state index >= 15 is 0 Å². The van der Waals surface area contributed by atoms with Gasteiger partial charge in [0, 0.05) is 4.47 Å². The summed E-state index contributed by atoms with van der Waals surface area (Å²) >= 11 is 3.18. The summed E-state index contributed by atoms with van der Waals surface area (Å²) in [6.07, 6.45) is 0. The van der Waals surface area contributed by atoms with Gasteiger partial charge in [-0.25, -0.2) is 4.39 Å². The van der Waals surface area contributed by atoms with Crippen LogP contribution >= 0.6 is 15.9 Å². The first-order valence-corrected chi connectivity index (χ1v) is 5.35. The lowest BCUT2D eigenvalue weighted by molar-refractivity contribution is 0.630. The summed E-state index contributed by atoms with van der Waals surface area (Å²) in [6.45, 7) is 0. The second-order valence-electron chi connectivity index (χ2n) is 3.15. The predicted octanol–water partition coefficient (Wildman–Crippen LogP) is 1.21. The van der Waals surface area contributed by atoms with Crippen LogP contribution in [0.1, 0.15) is 0 Å². The Morgan fingerprint density at radius 2 is 2.29 bits per heavy atom. The van der Waals surface area contributed by atoms with Crippen molar-refractivity contribution in [3.05, 3.63) is 28.5 Å². The maximum Gasteiger partial charge on any atom is 0.175 e. The fourth-order valence-corrected chi connectivity index (χ4v) is 1.61. The number of halogens is 2. The highest BCUT2D eigenvalue weighted by molar-refractivity contribution is 9.10. The molecule has 0 saturated heterocycles. The van der Waals surface area contributed by atoms with Gasteiger partial charge in [0.2, 0.25) is 0 Å². The third-order valence-corrected chi connectivity index (χ3v) is 2.67. The van der Waals surface area contributed by atoms with E-state index in [0.29, 0.717) is 4.47 Å².